The Morgan fingerprint density at radius 2 is 2.00 bits per heavy atom. The van der Waals surface area contributed by atoms with Crippen LogP contribution in [-0.2, 0) is 6.54 Å². The Morgan fingerprint density at radius 3 is 2.67 bits per heavy atom. The number of hydrogen-bond acceptors (Lipinski definition) is 2. The average Bonchev–Trinajstić information content (AvgIpc) is 2.76. The van der Waals surface area contributed by atoms with Crippen LogP contribution in [0.25, 0.3) is 11.0 Å². The van der Waals surface area contributed by atoms with Crippen LogP contribution >= 0.6 is 28.1 Å². The molecule has 3 rings (SSSR count). The lowest BCUT2D eigenvalue weighted by atomic mass is 10.2. The fraction of sp³-hybridized carbons (Fsp3) is 0.133. The lowest BCUT2D eigenvalue weighted by Crippen LogP contribution is -2.00. The minimum absolute atomic E-state index is 0.306. The van der Waals surface area contributed by atoms with E-state index in [1.165, 1.54) is 6.07 Å². The van der Waals surface area contributed by atoms with Crippen molar-refractivity contribution in [2.75, 3.05) is 7.11 Å². The summed E-state index contributed by atoms with van der Waals surface area (Å²) in [6, 6.07) is 10.9. The molecule has 0 bridgehead atoms. The number of H-pyrrole nitrogens is 1. The second-order valence-electron chi connectivity index (χ2n) is 4.65. The van der Waals surface area contributed by atoms with Crippen molar-refractivity contribution in [1.29, 1.82) is 0 Å². The lowest BCUT2D eigenvalue weighted by molar-refractivity contribution is 0.414. The summed E-state index contributed by atoms with van der Waals surface area (Å²) < 4.78 is 21.8. The molecule has 0 atom stereocenters. The van der Waals surface area contributed by atoms with Crippen molar-refractivity contribution >= 4 is 39.2 Å². The largest absolute Gasteiger partial charge is 0.497 e. The molecule has 108 valence electrons. The van der Waals surface area contributed by atoms with Gasteiger partial charge in [-0.25, -0.2) is 4.39 Å². The van der Waals surface area contributed by atoms with Gasteiger partial charge in [0.05, 0.1) is 29.2 Å². The third-order valence-electron chi connectivity index (χ3n) is 3.32. The summed E-state index contributed by atoms with van der Waals surface area (Å²) in [5.74, 6) is 0.497. The Morgan fingerprint density at radius 1 is 1.29 bits per heavy atom. The predicted octanol–water partition coefficient (Wildman–Crippen LogP) is 4.66. The zero-order valence-electron chi connectivity index (χ0n) is 11.2. The molecule has 0 fully saturated rings. The van der Waals surface area contributed by atoms with Crippen molar-refractivity contribution in [3.05, 3.63) is 57.0 Å². The normalized spacial score (nSPS) is 11.0. The van der Waals surface area contributed by atoms with Crippen molar-refractivity contribution in [3.8, 4) is 5.75 Å². The number of fused-ring (bicyclic) bond motifs is 1. The lowest BCUT2D eigenvalue weighted by Gasteiger charge is -2.06. The van der Waals surface area contributed by atoms with E-state index in [0.717, 1.165) is 22.3 Å². The molecule has 0 spiro atoms. The van der Waals surface area contributed by atoms with Crippen molar-refractivity contribution < 1.29 is 9.13 Å². The zero-order valence-corrected chi connectivity index (χ0v) is 13.6. The molecule has 2 aromatic carbocycles. The predicted molar refractivity (Wildman–Crippen MR) is 86.9 cm³/mol. The monoisotopic (exact) mass is 366 g/mol. The van der Waals surface area contributed by atoms with E-state index in [9.17, 15) is 4.39 Å². The Labute approximate surface area is 134 Å². The molecule has 3 nitrogen and oxygen atoms in total. The number of nitrogens with zero attached hydrogens (tertiary/aromatic N) is 1. The fourth-order valence-corrected chi connectivity index (χ4v) is 2.84. The van der Waals surface area contributed by atoms with Crippen molar-refractivity contribution in [1.82, 2.24) is 9.55 Å². The number of halogens is 2. The zero-order chi connectivity index (χ0) is 15.0. The Hall–Kier alpha value is -1.66. The van der Waals surface area contributed by atoms with Gasteiger partial charge in [0, 0.05) is 6.07 Å². The summed E-state index contributed by atoms with van der Waals surface area (Å²) in [7, 11) is 1.63. The molecule has 6 heteroatoms. The number of benzene rings is 2. The Bertz CT molecular complexity index is 854. The van der Waals surface area contributed by atoms with E-state index in [4.69, 9.17) is 17.0 Å². The second-order valence-corrected chi connectivity index (χ2v) is 5.89. The molecule has 0 aliphatic rings. The maximum absolute atomic E-state index is 13.8. The van der Waals surface area contributed by atoms with Gasteiger partial charge in [-0.1, -0.05) is 12.1 Å². The standard InChI is InChI=1S/C15H12BrFN2OS/c1-20-10-4-2-9(3-5-10)8-19-14-7-12(17)11(16)6-13(14)18-15(19)21/h2-7H,8H2,1H3,(H,18,21). The first-order valence-electron chi connectivity index (χ1n) is 6.29. The molecular weight excluding hydrogens is 355 g/mol. The van der Waals surface area contributed by atoms with Crippen LogP contribution in [0, 0.1) is 10.6 Å². The summed E-state index contributed by atoms with van der Waals surface area (Å²) >= 11 is 8.51. The molecule has 0 aliphatic heterocycles. The molecule has 0 saturated heterocycles. The number of aromatic nitrogens is 2. The summed E-state index contributed by atoms with van der Waals surface area (Å²) in [4.78, 5) is 3.09. The highest BCUT2D eigenvalue weighted by atomic mass is 79.9. The SMILES string of the molecule is COc1ccc(Cn2c(=S)[nH]c3cc(Br)c(F)cc32)cc1. The van der Waals surface area contributed by atoms with Crippen LogP contribution in [-0.4, -0.2) is 16.7 Å². The minimum Gasteiger partial charge on any atom is -0.497 e. The van der Waals surface area contributed by atoms with E-state index in [1.807, 2.05) is 28.8 Å². The summed E-state index contributed by atoms with van der Waals surface area (Å²) in [5, 5.41) is 0. The molecule has 3 aromatic rings. The third-order valence-corrected chi connectivity index (χ3v) is 4.25. The number of imidazole rings is 1. The van der Waals surface area contributed by atoms with Gasteiger partial charge in [-0.15, -0.1) is 0 Å². The van der Waals surface area contributed by atoms with Crippen LogP contribution in [0.5, 0.6) is 5.75 Å². The quantitative estimate of drug-likeness (QED) is 0.683. The van der Waals surface area contributed by atoms with E-state index in [1.54, 1.807) is 13.2 Å². The Kier molecular flexibility index (Phi) is 3.82. The van der Waals surface area contributed by atoms with Crippen LogP contribution < -0.4 is 4.74 Å². The van der Waals surface area contributed by atoms with Crippen LogP contribution in [0.15, 0.2) is 40.9 Å². The first kappa shape index (κ1) is 14.3. The van der Waals surface area contributed by atoms with Gasteiger partial charge in [-0.05, 0) is 51.9 Å². The summed E-state index contributed by atoms with van der Waals surface area (Å²) in [5.41, 5.74) is 2.62. The number of rotatable bonds is 3. The summed E-state index contributed by atoms with van der Waals surface area (Å²) in [6.07, 6.45) is 0. The number of methoxy groups -OCH3 is 1. The number of hydrogen-bond donors (Lipinski definition) is 1. The molecule has 1 aromatic heterocycles. The molecule has 0 aliphatic carbocycles. The van der Waals surface area contributed by atoms with Gasteiger partial charge >= 0.3 is 0 Å². The van der Waals surface area contributed by atoms with E-state index >= 15 is 0 Å². The van der Waals surface area contributed by atoms with E-state index in [2.05, 4.69) is 20.9 Å². The molecule has 0 radical (unpaired) electrons. The number of ether oxygens (including phenoxy) is 1. The molecule has 0 saturated carbocycles. The average molecular weight is 367 g/mol. The van der Waals surface area contributed by atoms with Crippen molar-refractivity contribution in [3.63, 3.8) is 0 Å². The first-order chi connectivity index (χ1) is 10.1. The summed E-state index contributed by atoms with van der Waals surface area (Å²) in [6.45, 7) is 0.573. The van der Waals surface area contributed by atoms with Gasteiger partial charge in [0.15, 0.2) is 4.77 Å². The number of nitrogens with one attached hydrogen (secondary N) is 1. The maximum atomic E-state index is 13.8. The Balaban J connectivity index is 2.05. The smallest absolute Gasteiger partial charge is 0.178 e. The molecule has 0 unspecified atom stereocenters. The van der Waals surface area contributed by atoms with Gasteiger partial charge < -0.3 is 14.3 Å². The van der Waals surface area contributed by atoms with E-state index in [0.29, 0.717) is 15.8 Å². The van der Waals surface area contributed by atoms with Crippen LogP contribution in [0.2, 0.25) is 0 Å². The highest BCUT2D eigenvalue weighted by Gasteiger charge is 2.09. The van der Waals surface area contributed by atoms with Gasteiger partial charge in [0.25, 0.3) is 0 Å². The molecule has 1 N–H and O–H groups in total. The first-order valence-corrected chi connectivity index (χ1v) is 7.49. The minimum atomic E-state index is -0.306. The van der Waals surface area contributed by atoms with Crippen molar-refractivity contribution in [2.24, 2.45) is 0 Å². The van der Waals surface area contributed by atoms with Gasteiger partial charge in [-0.3, -0.25) is 0 Å². The molecular formula is C15H12BrFN2OS. The van der Waals surface area contributed by atoms with E-state index in [-0.39, 0.29) is 5.82 Å². The fourth-order valence-electron chi connectivity index (χ4n) is 2.22. The van der Waals surface area contributed by atoms with Crippen molar-refractivity contribution in [2.45, 2.75) is 6.54 Å². The number of aromatic amines is 1. The van der Waals surface area contributed by atoms with Gasteiger partial charge in [-0.2, -0.15) is 0 Å². The van der Waals surface area contributed by atoms with Gasteiger partial charge in [0.1, 0.15) is 11.6 Å². The third kappa shape index (κ3) is 2.73. The maximum Gasteiger partial charge on any atom is 0.178 e. The van der Waals surface area contributed by atoms with Crippen LogP contribution in [0.3, 0.4) is 0 Å². The van der Waals surface area contributed by atoms with E-state index < -0.39 is 0 Å². The second kappa shape index (κ2) is 5.61. The highest BCUT2D eigenvalue weighted by molar-refractivity contribution is 9.10. The van der Waals surface area contributed by atoms with Gasteiger partial charge in [0.2, 0.25) is 0 Å². The highest BCUT2D eigenvalue weighted by Crippen LogP contribution is 2.24. The van der Waals surface area contributed by atoms with Crippen LogP contribution in [0.4, 0.5) is 4.39 Å². The topological polar surface area (TPSA) is 29.9 Å². The molecule has 21 heavy (non-hydrogen) atoms. The molecule has 0 amide bonds. The molecule has 1 heterocycles. The van der Waals surface area contributed by atoms with Crippen LogP contribution in [0.1, 0.15) is 5.56 Å².